The monoisotopic (exact) mass is 347 g/mol. The van der Waals surface area contributed by atoms with Gasteiger partial charge >= 0.3 is 0 Å². The number of anilines is 1. The molecule has 0 amide bonds. The third kappa shape index (κ3) is 4.49. The van der Waals surface area contributed by atoms with Crippen LogP contribution in [0.15, 0.2) is 53.0 Å². The number of nitrogens with two attached hydrogens (primary N) is 1. The van der Waals surface area contributed by atoms with E-state index in [0.717, 1.165) is 28.0 Å². The molecule has 0 unspecified atom stereocenters. The molecule has 0 aromatic heterocycles. The average Bonchev–Trinajstić information content (AvgIpc) is 2.47. The maximum Gasteiger partial charge on any atom is 0.122 e. The summed E-state index contributed by atoms with van der Waals surface area (Å²) in [6.45, 7) is 1.32. The molecule has 4 nitrogen and oxygen atoms in total. The van der Waals surface area contributed by atoms with Crippen molar-refractivity contribution >= 4 is 27.5 Å². The van der Waals surface area contributed by atoms with E-state index in [9.17, 15) is 0 Å². The second kappa shape index (κ2) is 7.13. The first-order valence-electron chi connectivity index (χ1n) is 6.60. The van der Waals surface area contributed by atoms with Crippen LogP contribution in [0.25, 0.3) is 0 Å². The molecule has 0 atom stereocenters. The normalized spacial score (nSPS) is 10.2. The first-order valence-corrected chi connectivity index (χ1v) is 7.39. The van der Waals surface area contributed by atoms with E-state index in [0.29, 0.717) is 6.61 Å². The summed E-state index contributed by atoms with van der Waals surface area (Å²) in [4.78, 5) is 2.07. The van der Waals surface area contributed by atoms with Crippen LogP contribution in [0.3, 0.4) is 0 Å². The number of benzene rings is 2. The lowest BCUT2D eigenvalue weighted by Gasteiger charge is -2.20. The van der Waals surface area contributed by atoms with E-state index in [1.165, 1.54) is 0 Å². The van der Waals surface area contributed by atoms with Gasteiger partial charge < -0.3 is 15.4 Å². The third-order valence-electron chi connectivity index (χ3n) is 3.09. The van der Waals surface area contributed by atoms with E-state index in [-0.39, 0.29) is 5.84 Å². The van der Waals surface area contributed by atoms with Gasteiger partial charge in [-0.25, -0.2) is 0 Å². The summed E-state index contributed by atoms with van der Waals surface area (Å²) in [6.07, 6.45) is 0. The summed E-state index contributed by atoms with van der Waals surface area (Å²) in [5.41, 5.74) is 7.25. The minimum atomic E-state index is 0.0793. The Morgan fingerprint density at radius 2 is 2.00 bits per heavy atom. The van der Waals surface area contributed by atoms with Crippen LogP contribution in [-0.2, 0) is 0 Å². The van der Waals surface area contributed by atoms with E-state index in [4.69, 9.17) is 15.9 Å². The zero-order chi connectivity index (χ0) is 15.2. The van der Waals surface area contributed by atoms with Gasteiger partial charge in [-0.05, 0) is 30.3 Å². The summed E-state index contributed by atoms with van der Waals surface area (Å²) < 4.78 is 6.72. The van der Waals surface area contributed by atoms with Crippen LogP contribution in [0.4, 0.5) is 5.69 Å². The zero-order valence-corrected chi connectivity index (χ0v) is 13.4. The van der Waals surface area contributed by atoms with Crippen molar-refractivity contribution in [3.05, 3.63) is 58.6 Å². The predicted molar refractivity (Wildman–Crippen MR) is 90.4 cm³/mol. The molecule has 0 aliphatic rings. The lowest BCUT2D eigenvalue weighted by molar-refractivity contribution is 0.326. The van der Waals surface area contributed by atoms with Crippen molar-refractivity contribution in [2.45, 2.75) is 0 Å². The minimum absolute atomic E-state index is 0.0793. The molecule has 2 aromatic carbocycles. The molecule has 5 heteroatoms. The van der Waals surface area contributed by atoms with Gasteiger partial charge in [0, 0.05) is 22.8 Å². The lowest BCUT2D eigenvalue weighted by Crippen LogP contribution is -2.24. The first-order chi connectivity index (χ1) is 10.1. The number of nitrogens with zero attached hydrogens (tertiary/aromatic N) is 1. The summed E-state index contributed by atoms with van der Waals surface area (Å²) in [5, 5.41) is 7.47. The van der Waals surface area contributed by atoms with Crippen molar-refractivity contribution in [3.8, 4) is 5.75 Å². The van der Waals surface area contributed by atoms with Gasteiger partial charge in [0.25, 0.3) is 0 Å². The Kier molecular flexibility index (Phi) is 5.22. The number of amidine groups is 1. The van der Waals surface area contributed by atoms with E-state index in [1.54, 1.807) is 0 Å². The van der Waals surface area contributed by atoms with Crippen molar-refractivity contribution in [1.29, 1.82) is 5.41 Å². The molecule has 3 N–H and O–H groups in total. The van der Waals surface area contributed by atoms with Gasteiger partial charge in [0.1, 0.15) is 18.2 Å². The molecule has 2 rings (SSSR count). The highest BCUT2D eigenvalue weighted by molar-refractivity contribution is 9.10. The predicted octanol–water partition coefficient (Wildman–Crippen LogP) is 3.25. The highest BCUT2D eigenvalue weighted by Crippen LogP contribution is 2.18. The van der Waals surface area contributed by atoms with Crippen molar-refractivity contribution < 1.29 is 4.74 Å². The maximum atomic E-state index is 7.47. The largest absolute Gasteiger partial charge is 0.492 e. The molecule has 110 valence electrons. The number of nitrogens with one attached hydrogen (secondary N) is 1. The van der Waals surface area contributed by atoms with Crippen LogP contribution >= 0.6 is 15.9 Å². The van der Waals surface area contributed by atoms with Gasteiger partial charge in [0.2, 0.25) is 0 Å². The Bertz CT molecular complexity index is 630. The van der Waals surface area contributed by atoms with Gasteiger partial charge in [0.05, 0.1) is 6.54 Å². The molecule has 0 aliphatic heterocycles. The molecule has 0 saturated heterocycles. The number of hydrogen-bond acceptors (Lipinski definition) is 3. The molecule has 0 saturated carbocycles. The quantitative estimate of drug-likeness (QED) is 0.622. The van der Waals surface area contributed by atoms with Crippen molar-refractivity contribution in [2.75, 3.05) is 25.1 Å². The topological polar surface area (TPSA) is 62.3 Å². The number of ether oxygens (including phenoxy) is 1. The molecule has 0 bridgehead atoms. The SMILES string of the molecule is CN(CCOc1cccc(Br)c1)c1cccc(C(=N)N)c1. The smallest absolute Gasteiger partial charge is 0.122 e. The molecule has 0 fully saturated rings. The van der Waals surface area contributed by atoms with Crippen LogP contribution in [0.5, 0.6) is 5.75 Å². The van der Waals surface area contributed by atoms with Crippen LogP contribution < -0.4 is 15.4 Å². The fraction of sp³-hybridized carbons (Fsp3) is 0.188. The third-order valence-corrected chi connectivity index (χ3v) is 3.58. The van der Waals surface area contributed by atoms with Gasteiger partial charge in [0.15, 0.2) is 0 Å². The van der Waals surface area contributed by atoms with Crippen molar-refractivity contribution in [2.24, 2.45) is 5.73 Å². The number of likely N-dealkylation sites (N-methyl/N-ethyl adjacent to an activating group) is 1. The van der Waals surface area contributed by atoms with Crippen LogP contribution in [0.2, 0.25) is 0 Å². The fourth-order valence-corrected chi connectivity index (χ4v) is 2.28. The molecule has 2 aromatic rings. The van der Waals surface area contributed by atoms with Crippen LogP contribution in [-0.4, -0.2) is 26.0 Å². The molecular weight excluding hydrogens is 330 g/mol. The van der Waals surface area contributed by atoms with Crippen molar-refractivity contribution in [3.63, 3.8) is 0 Å². The van der Waals surface area contributed by atoms with Crippen LogP contribution in [0, 0.1) is 5.41 Å². The maximum absolute atomic E-state index is 7.47. The second-order valence-corrected chi connectivity index (χ2v) is 5.61. The zero-order valence-electron chi connectivity index (χ0n) is 11.8. The molecular formula is C16H18BrN3O. The van der Waals surface area contributed by atoms with Gasteiger partial charge in [-0.3, -0.25) is 5.41 Å². The molecule has 0 aliphatic carbocycles. The fourth-order valence-electron chi connectivity index (χ4n) is 1.90. The Hall–Kier alpha value is -2.01. The lowest BCUT2D eigenvalue weighted by atomic mass is 10.2. The summed E-state index contributed by atoms with van der Waals surface area (Å²) in [5.74, 6) is 0.922. The van der Waals surface area contributed by atoms with Crippen LogP contribution in [0.1, 0.15) is 5.56 Å². The molecule has 21 heavy (non-hydrogen) atoms. The number of nitrogen functional groups attached to an aromatic ring is 1. The van der Waals surface area contributed by atoms with Gasteiger partial charge in [-0.15, -0.1) is 0 Å². The van der Waals surface area contributed by atoms with Crippen molar-refractivity contribution in [1.82, 2.24) is 0 Å². The molecule has 0 spiro atoms. The number of halogens is 1. The Morgan fingerprint density at radius 3 is 2.71 bits per heavy atom. The van der Waals surface area contributed by atoms with E-state index in [2.05, 4.69) is 20.8 Å². The molecule has 0 heterocycles. The summed E-state index contributed by atoms with van der Waals surface area (Å²) in [6, 6.07) is 15.4. The van der Waals surface area contributed by atoms with E-state index in [1.807, 2.05) is 55.6 Å². The minimum Gasteiger partial charge on any atom is -0.492 e. The number of hydrogen-bond donors (Lipinski definition) is 2. The first kappa shape index (κ1) is 15.4. The second-order valence-electron chi connectivity index (χ2n) is 4.69. The highest BCUT2D eigenvalue weighted by atomic mass is 79.9. The Labute approximate surface area is 133 Å². The Morgan fingerprint density at radius 1 is 1.24 bits per heavy atom. The summed E-state index contributed by atoms with van der Waals surface area (Å²) >= 11 is 3.42. The van der Waals surface area contributed by atoms with E-state index >= 15 is 0 Å². The Balaban J connectivity index is 1.91. The molecule has 0 radical (unpaired) electrons. The van der Waals surface area contributed by atoms with Gasteiger partial charge in [-0.1, -0.05) is 34.1 Å². The van der Waals surface area contributed by atoms with Gasteiger partial charge in [-0.2, -0.15) is 0 Å². The highest BCUT2D eigenvalue weighted by Gasteiger charge is 2.04. The average molecular weight is 348 g/mol. The summed E-state index contributed by atoms with van der Waals surface area (Å²) in [7, 11) is 1.99. The standard InChI is InChI=1S/C16H18BrN3O/c1-20(14-6-2-4-12(10-14)16(18)19)8-9-21-15-7-3-5-13(17)11-15/h2-7,10-11H,8-9H2,1H3,(H3,18,19). The van der Waals surface area contributed by atoms with E-state index < -0.39 is 0 Å². The number of rotatable bonds is 6.